The second kappa shape index (κ2) is 6.91. The van der Waals surface area contributed by atoms with Gasteiger partial charge >= 0.3 is 0 Å². The molecule has 0 atom stereocenters. The van der Waals surface area contributed by atoms with E-state index >= 15 is 0 Å². The maximum Gasteiger partial charge on any atom is 0.298 e. The number of benzene rings is 1. The van der Waals surface area contributed by atoms with E-state index in [4.69, 9.17) is 9.47 Å². The number of aromatic nitrogens is 3. The summed E-state index contributed by atoms with van der Waals surface area (Å²) in [6, 6.07) is 11.5. The quantitative estimate of drug-likeness (QED) is 0.707. The topological polar surface area (TPSA) is 77.1 Å². The van der Waals surface area contributed by atoms with E-state index in [0.29, 0.717) is 17.6 Å². The maximum atomic E-state index is 11.9. The van der Waals surface area contributed by atoms with Crippen LogP contribution in [-0.2, 0) is 6.42 Å². The minimum absolute atomic E-state index is 0.205. The number of fused-ring (bicyclic) bond motifs is 1. The summed E-state index contributed by atoms with van der Waals surface area (Å²) < 4.78 is 10.7. The summed E-state index contributed by atoms with van der Waals surface area (Å²) >= 11 is 0. The highest BCUT2D eigenvalue weighted by Crippen LogP contribution is 2.13. The van der Waals surface area contributed by atoms with Crippen LogP contribution in [0.15, 0.2) is 47.4 Å². The Morgan fingerprint density at radius 1 is 1.17 bits per heavy atom. The molecule has 3 aromatic rings. The third-order valence-corrected chi connectivity index (χ3v) is 3.47. The van der Waals surface area contributed by atoms with Crippen LogP contribution in [0.3, 0.4) is 0 Å². The SMILES string of the molecule is COc1ccc(CCCOc2nc3ncccc3c(=O)[nH]2)cc1. The molecule has 0 saturated carbocycles. The molecule has 0 radical (unpaired) electrons. The molecule has 2 aromatic heterocycles. The number of aryl methyl sites for hydroxylation is 1. The Kier molecular flexibility index (Phi) is 4.52. The third-order valence-electron chi connectivity index (χ3n) is 3.47. The highest BCUT2D eigenvalue weighted by Gasteiger charge is 2.05. The van der Waals surface area contributed by atoms with Gasteiger partial charge in [0.15, 0.2) is 5.65 Å². The summed E-state index contributed by atoms with van der Waals surface area (Å²) in [5.74, 6) is 0.843. The summed E-state index contributed by atoms with van der Waals surface area (Å²) in [6.07, 6.45) is 3.29. The van der Waals surface area contributed by atoms with Crippen LogP contribution < -0.4 is 15.0 Å². The molecule has 0 spiro atoms. The fourth-order valence-corrected chi connectivity index (χ4v) is 2.26. The molecule has 3 rings (SSSR count). The van der Waals surface area contributed by atoms with E-state index in [1.165, 1.54) is 5.56 Å². The second-order valence-corrected chi connectivity index (χ2v) is 5.05. The van der Waals surface area contributed by atoms with Crippen LogP contribution in [0.4, 0.5) is 0 Å². The number of aromatic amines is 1. The minimum Gasteiger partial charge on any atom is -0.497 e. The van der Waals surface area contributed by atoms with Crippen molar-refractivity contribution < 1.29 is 9.47 Å². The molecular weight excluding hydrogens is 294 g/mol. The Morgan fingerprint density at radius 2 is 2.00 bits per heavy atom. The Morgan fingerprint density at radius 3 is 2.78 bits per heavy atom. The Balaban J connectivity index is 1.57. The highest BCUT2D eigenvalue weighted by atomic mass is 16.5. The lowest BCUT2D eigenvalue weighted by molar-refractivity contribution is 0.287. The lowest BCUT2D eigenvalue weighted by atomic mass is 10.1. The lowest BCUT2D eigenvalue weighted by Gasteiger charge is -2.06. The average molecular weight is 311 g/mol. The summed E-state index contributed by atoms with van der Waals surface area (Å²) in [5.41, 5.74) is 1.35. The molecule has 0 saturated heterocycles. The first kappa shape index (κ1) is 15.0. The van der Waals surface area contributed by atoms with E-state index in [0.717, 1.165) is 18.6 Å². The number of rotatable bonds is 6. The minimum atomic E-state index is -0.242. The smallest absolute Gasteiger partial charge is 0.298 e. The van der Waals surface area contributed by atoms with Crippen molar-refractivity contribution in [1.29, 1.82) is 0 Å². The number of hydrogen-bond donors (Lipinski definition) is 1. The van der Waals surface area contributed by atoms with E-state index in [9.17, 15) is 4.79 Å². The first-order chi connectivity index (χ1) is 11.3. The number of nitrogens with zero attached hydrogens (tertiary/aromatic N) is 2. The summed E-state index contributed by atoms with van der Waals surface area (Å²) in [4.78, 5) is 22.8. The van der Waals surface area contributed by atoms with Gasteiger partial charge in [0, 0.05) is 6.20 Å². The molecule has 1 aromatic carbocycles. The molecule has 6 heteroatoms. The third kappa shape index (κ3) is 3.66. The molecular formula is C17H17N3O3. The van der Waals surface area contributed by atoms with Crippen molar-refractivity contribution in [3.63, 3.8) is 0 Å². The molecule has 0 bridgehead atoms. The van der Waals surface area contributed by atoms with Crippen LogP contribution in [0.5, 0.6) is 11.8 Å². The first-order valence-corrected chi connectivity index (χ1v) is 7.37. The van der Waals surface area contributed by atoms with E-state index < -0.39 is 0 Å². The first-order valence-electron chi connectivity index (χ1n) is 7.37. The van der Waals surface area contributed by atoms with E-state index in [1.54, 1.807) is 25.4 Å². The number of H-pyrrole nitrogens is 1. The highest BCUT2D eigenvalue weighted by molar-refractivity contribution is 5.72. The zero-order valence-electron chi connectivity index (χ0n) is 12.8. The van der Waals surface area contributed by atoms with Crippen molar-refractivity contribution in [3.05, 3.63) is 58.5 Å². The molecule has 0 unspecified atom stereocenters. The lowest BCUT2D eigenvalue weighted by Crippen LogP contribution is -2.12. The number of pyridine rings is 1. The normalized spacial score (nSPS) is 10.7. The predicted molar refractivity (Wildman–Crippen MR) is 87.0 cm³/mol. The van der Waals surface area contributed by atoms with E-state index in [-0.39, 0.29) is 11.6 Å². The number of hydrogen-bond acceptors (Lipinski definition) is 5. The number of ether oxygens (including phenoxy) is 2. The average Bonchev–Trinajstić information content (AvgIpc) is 2.59. The summed E-state index contributed by atoms with van der Waals surface area (Å²) in [6.45, 7) is 0.466. The Bertz CT molecular complexity index is 844. The van der Waals surface area contributed by atoms with Gasteiger partial charge in [-0.05, 0) is 42.7 Å². The largest absolute Gasteiger partial charge is 0.497 e. The maximum absolute atomic E-state index is 11.9. The molecule has 0 amide bonds. The molecule has 1 N–H and O–H groups in total. The molecule has 0 aliphatic heterocycles. The van der Waals surface area contributed by atoms with Gasteiger partial charge in [0.05, 0.1) is 19.1 Å². The van der Waals surface area contributed by atoms with Crippen molar-refractivity contribution >= 4 is 11.0 Å². The zero-order chi connectivity index (χ0) is 16.1. The van der Waals surface area contributed by atoms with E-state index in [1.807, 2.05) is 24.3 Å². The second-order valence-electron chi connectivity index (χ2n) is 5.05. The van der Waals surface area contributed by atoms with Gasteiger partial charge in [0.25, 0.3) is 11.6 Å². The van der Waals surface area contributed by atoms with Crippen molar-refractivity contribution in [2.75, 3.05) is 13.7 Å². The van der Waals surface area contributed by atoms with Gasteiger partial charge < -0.3 is 9.47 Å². The van der Waals surface area contributed by atoms with Crippen molar-refractivity contribution in [2.45, 2.75) is 12.8 Å². The Hall–Kier alpha value is -2.89. The van der Waals surface area contributed by atoms with Crippen LogP contribution in [-0.4, -0.2) is 28.7 Å². The van der Waals surface area contributed by atoms with Crippen LogP contribution in [0.1, 0.15) is 12.0 Å². The van der Waals surface area contributed by atoms with Crippen molar-refractivity contribution in [3.8, 4) is 11.8 Å². The molecule has 23 heavy (non-hydrogen) atoms. The monoisotopic (exact) mass is 311 g/mol. The van der Waals surface area contributed by atoms with Crippen molar-refractivity contribution in [2.24, 2.45) is 0 Å². The number of methoxy groups -OCH3 is 1. The van der Waals surface area contributed by atoms with Gasteiger partial charge in [0.1, 0.15) is 5.75 Å². The summed E-state index contributed by atoms with van der Waals surface area (Å²) in [7, 11) is 1.65. The van der Waals surface area contributed by atoms with Gasteiger partial charge in [-0.2, -0.15) is 4.98 Å². The fraction of sp³-hybridized carbons (Fsp3) is 0.235. The van der Waals surface area contributed by atoms with Crippen LogP contribution in [0.2, 0.25) is 0 Å². The Labute approximate surface area is 133 Å². The summed E-state index contributed by atoms with van der Waals surface area (Å²) in [5, 5.41) is 0.457. The van der Waals surface area contributed by atoms with Gasteiger partial charge in [0.2, 0.25) is 0 Å². The molecule has 0 fully saturated rings. The molecule has 2 heterocycles. The van der Waals surface area contributed by atoms with Gasteiger partial charge in [-0.25, -0.2) is 4.98 Å². The van der Waals surface area contributed by atoms with E-state index in [2.05, 4.69) is 15.0 Å². The molecule has 0 aliphatic rings. The van der Waals surface area contributed by atoms with Gasteiger partial charge in [-0.3, -0.25) is 9.78 Å². The fourth-order valence-electron chi connectivity index (χ4n) is 2.26. The standard InChI is InChI=1S/C17H17N3O3/c1-22-13-8-6-12(7-9-13)4-3-11-23-17-19-15-14(16(21)20-17)5-2-10-18-15/h2,5-10H,3-4,11H2,1H3,(H,18,19,20,21). The molecule has 118 valence electrons. The van der Waals surface area contributed by atoms with Crippen LogP contribution in [0, 0.1) is 0 Å². The van der Waals surface area contributed by atoms with Gasteiger partial charge in [-0.1, -0.05) is 12.1 Å². The molecule has 0 aliphatic carbocycles. The molecule has 6 nitrogen and oxygen atoms in total. The van der Waals surface area contributed by atoms with Crippen LogP contribution in [0.25, 0.3) is 11.0 Å². The van der Waals surface area contributed by atoms with Crippen molar-refractivity contribution in [1.82, 2.24) is 15.0 Å². The zero-order valence-corrected chi connectivity index (χ0v) is 12.8. The van der Waals surface area contributed by atoms with Crippen LogP contribution >= 0.6 is 0 Å². The number of nitrogens with one attached hydrogen (secondary N) is 1. The van der Waals surface area contributed by atoms with Gasteiger partial charge in [-0.15, -0.1) is 0 Å². The predicted octanol–water partition coefficient (Wildman–Crippen LogP) is 2.34.